The van der Waals surface area contributed by atoms with E-state index in [9.17, 15) is 9.90 Å². The number of nitrogens with one attached hydrogen (secondary N) is 1. The first-order valence-electron chi connectivity index (χ1n) is 12.3. The fraction of sp³-hybridized carbons (Fsp3) is 0.345. The highest BCUT2D eigenvalue weighted by Crippen LogP contribution is 2.39. The second-order valence-electron chi connectivity index (χ2n) is 9.33. The van der Waals surface area contributed by atoms with Crippen molar-refractivity contribution in [3.8, 4) is 16.9 Å². The molecule has 3 aromatic rings. The molecule has 0 saturated heterocycles. The normalized spacial score (nSPS) is 19.7. The van der Waals surface area contributed by atoms with Crippen molar-refractivity contribution in [1.82, 2.24) is 0 Å². The van der Waals surface area contributed by atoms with Crippen LogP contribution >= 0.6 is 0 Å². The zero-order valence-electron chi connectivity index (χ0n) is 19.5. The molecule has 2 amide bonds. The highest BCUT2D eigenvalue weighted by molar-refractivity contribution is 6.03. The minimum Gasteiger partial charge on any atom is -0.490 e. The van der Waals surface area contributed by atoms with Gasteiger partial charge in [0.25, 0.3) is 0 Å². The number of para-hydroxylation sites is 1. The molecule has 2 N–H and O–H groups in total. The minimum atomic E-state index is -0.151. The average molecular weight is 457 g/mol. The number of hydrogen-bond donors (Lipinski definition) is 2. The molecule has 0 radical (unpaired) electrons. The molecule has 0 atom stereocenters. The molecule has 2 aliphatic rings. The summed E-state index contributed by atoms with van der Waals surface area (Å²) >= 11 is 0. The Labute approximate surface area is 201 Å². The Kier molecular flexibility index (Phi) is 6.82. The number of aliphatic hydroxyl groups is 1. The number of aliphatic hydroxyl groups excluding tert-OH is 1. The maximum absolute atomic E-state index is 12.9. The van der Waals surface area contributed by atoms with Gasteiger partial charge in [-0.15, -0.1) is 0 Å². The van der Waals surface area contributed by atoms with Gasteiger partial charge in [0, 0.05) is 12.3 Å². The van der Waals surface area contributed by atoms with Crippen LogP contribution in [0.15, 0.2) is 72.8 Å². The third kappa shape index (κ3) is 4.95. The van der Waals surface area contributed by atoms with Crippen molar-refractivity contribution in [3.05, 3.63) is 78.4 Å². The monoisotopic (exact) mass is 456 g/mol. The molecule has 5 nitrogen and oxygen atoms in total. The number of carbonyl (C=O) groups excluding carboxylic acids is 1. The SMILES string of the molecule is O=C(Nc1ccccc1)N1CCOc2cc(-c3ccc(C4CCC(CCO)CC4)cc3)ccc21. The number of nitrogens with zero attached hydrogens (tertiary/aromatic N) is 1. The number of urea groups is 1. The molecular weight excluding hydrogens is 424 g/mol. The molecule has 0 spiro atoms. The van der Waals surface area contributed by atoms with Gasteiger partial charge >= 0.3 is 6.03 Å². The zero-order valence-corrected chi connectivity index (χ0v) is 19.5. The van der Waals surface area contributed by atoms with Crippen LogP contribution in [-0.2, 0) is 0 Å². The van der Waals surface area contributed by atoms with Crippen LogP contribution in [-0.4, -0.2) is 30.9 Å². The molecule has 5 rings (SSSR count). The summed E-state index contributed by atoms with van der Waals surface area (Å²) in [7, 11) is 0. The fourth-order valence-corrected chi connectivity index (χ4v) is 5.24. The maximum Gasteiger partial charge on any atom is 0.326 e. The van der Waals surface area contributed by atoms with Crippen LogP contribution < -0.4 is 15.0 Å². The lowest BCUT2D eigenvalue weighted by molar-refractivity contribution is 0.222. The Balaban J connectivity index is 1.28. The van der Waals surface area contributed by atoms with E-state index in [0.717, 1.165) is 34.7 Å². The summed E-state index contributed by atoms with van der Waals surface area (Å²) in [5.74, 6) is 2.04. The molecule has 0 aromatic heterocycles. The molecule has 0 unspecified atom stereocenters. The number of carbonyl (C=O) groups is 1. The van der Waals surface area contributed by atoms with Gasteiger partial charge < -0.3 is 15.2 Å². The molecule has 3 aromatic carbocycles. The largest absolute Gasteiger partial charge is 0.490 e. The van der Waals surface area contributed by atoms with Gasteiger partial charge in [0.2, 0.25) is 0 Å². The van der Waals surface area contributed by atoms with E-state index in [0.29, 0.717) is 31.6 Å². The Morgan fingerprint density at radius 1 is 0.941 bits per heavy atom. The Hall–Kier alpha value is -3.31. The Morgan fingerprint density at radius 3 is 2.41 bits per heavy atom. The lowest BCUT2D eigenvalue weighted by atomic mass is 9.77. The van der Waals surface area contributed by atoms with Crippen LogP contribution in [0.25, 0.3) is 11.1 Å². The average Bonchev–Trinajstić information content (AvgIpc) is 2.89. The highest BCUT2D eigenvalue weighted by atomic mass is 16.5. The smallest absolute Gasteiger partial charge is 0.326 e. The van der Waals surface area contributed by atoms with E-state index in [2.05, 4.69) is 35.6 Å². The Bertz CT molecular complexity index is 1110. The van der Waals surface area contributed by atoms with Gasteiger partial charge in [0.15, 0.2) is 0 Å². The van der Waals surface area contributed by atoms with E-state index in [4.69, 9.17) is 4.74 Å². The van der Waals surface area contributed by atoms with Crippen molar-refractivity contribution >= 4 is 17.4 Å². The number of amides is 2. The molecule has 1 aliphatic carbocycles. The van der Waals surface area contributed by atoms with E-state index in [-0.39, 0.29) is 6.03 Å². The van der Waals surface area contributed by atoms with Crippen molar-refractivity contribution < 1.29 is 14.6 Å². The fourth-order valence-electron chi connectivity index (χ4n) is 5.24. The first-order chi connectivity index (χ1) is 16.7. The second kappa shape index (κ2) is 10.3. The van der Waals surface area contributed by atoms with Crippen LogP contribution in [0.3, 0.4) is 0 Å². The molecular formula is C29H32N2O3. The maximum atomic E-state index is 12.9. The van der Waals surface area contributed by atoms with Gasteiger partial charge in [-0.2, -0.15) is 0 Å². The summed E-state index contributed by atoms with van der Waals surface area (Å²) in [6.07, 6.45) is 5.78. The van der Waals surface area contributed by atoms with Crippen LogP contribution in [0.2, 0.25) is 0 Å². The van der Waals surface area contributed by atoms with E-state index in [1.807, 2.05) is 42.5 Å². The summed E-state index contributed by atoms with van der Waals surface area (Å²) in [4.78, 5) is 14.6. The number of benzene rings is 3. The van der Waals surface area contributed by atoms with E-state index in [1.54, 1.807) is 4.90 Å². The van der Waals surface area contributed by atoms with Gasteiger partial charge in [0.05, 0.1) is 12.2 Å². The predicted molar refractivity (Wildman–Crippen MR) is 137 cm³/mol. The van der Waals surface area contributed by atoms with Crippen LogP contribution in [0, 0.1) is 5.92 Å². The highest BCUT2D eigenvalue weighted by Gasteiger charge is 2.25. The molecule has 1 heterocycles. The van der Waals surface area contributed by atoms with Crippen molar-refractivity contribution in [2.24, 2.45) is 5.92 Å². The summed E-state index contributed by atoms with van der Waals surface area (Å²) in [5.41, 5.74) is 5.21. The van der Waals surface area contributed by atoms with Gasteiger partial charge in [0.1, 0.15) is 12.4 Å². The molecule has 0 bridgehead atoms. The van der Waals surface area contributed by atoms with Crippen molar-refractivity contribution in [2.45, 2.75) is 38.0 Å². The van der Waals surface area contributed by atoms with E-state index in [1.165, 1.54) is 31.2 Å². The zero-order chi connectivity index (χ0) is 23.3. The number of fused-ring (bicyclic) bond motifs is 1. The molecule has 34 heavy (non-hydrogen) atoms. The third-order valence-electron chi connectivity index (χ3n) is 7.19. The quantitative estimate of drug-likeness (QED) is 0.464. The summed E-state index contributed by atoms with van der Waals surface area (Å²) in [6.45, 7) is 1.29. The number of hydrogen-bond acceptors (Lipinski definition) is 3. The van der Waals surface area contributed by atoms with Crippen LogP contribution in [0.1, 0.15) is 43.6 Å². The standard InChI is InChI=1S/C29H32N2O3/c32-18-16-21-6-8-22(9-7-21)23-10-12-24(13-11-23)25-14-15-27-28(20-25)34-19-17-31(27)29(33)30-26-4-2-1-3-5-26/h1-5,10-15,20-22,32H,6-9,16-19H2,(H,30,33). The van der Waals surface area contributed by atoms with E-state index >= 15 is 0 Å². The van der Waals surface area contributed by atoms with Crippen molar-refractivity contribution in [1.29, 1.82) is 0 Å². The molecule has 5 heteroatoms. The first-order valence-corrected chi connectivity index (χ1v) is 12.3. The first kappa shape index (κ1) is 22.5. The number of rotatable bonds is 5. The number of ether oxygens (including phenoxy) is 1. The summed E-state index contributed by atoms with van der Waals surface area (Å²) in [6, 6.07) is 24.3. The van der Waals surface area contributed by atoms with Crippen LogP contribution in [0.5, 0.6) is 5.75 Å². The minimum absolute atomic E-state index is 0.151. The van der Waals surface area contributed by atoms with Gasteiger partial charge in [-0.3, -0.25) is 4.90 Å². The second-order valence-corrected chi connectivity index (χ2v) is 9.33. The van der Waals surface area contributed by atoms with Crippen molar-refractivity contribution in [2.75, 3.05) is 30.0 Å². The lowest BCUT2D eigenvalue weighted by Crippen LogP contribution is -2.40. The van der Waals surface area contributed by atoms with E-state index < -0.39 is 0 Å². The number of anilines is 2. The molecule has 1 saturated carbocycles. The van der Waals surface area contributed by atoms with Crippen molar-refractivity contribution in [3.63, 3.8) is 0 Å². The van der Waals surface area contributed by atoms with Gasteiger partial charge in [-0.25, -0.2) is 4.79 Å². The lowest BCUT2D eigenvalue weighted by Gasteiger charge is -2.30. The Morgan fingerprint density at radius 2 is 1.68 bits per heavy atom. The van der Waals surface area contributed by atoms with Crippen LogP contribution in [0.4, 0.5) is 16.2 Å². The predicted octanol–water partition coefficient (Wildman–Crippen LogP) is 6.44. The summed E-state index contributed by atoms with van der Waals surface area (Å²) in [5, 5.41) is 12.1. The molecule has 1 fully saturated rings. The van der Waals surface area contributed by atoms with Gasteiger partial charge in [-0.05, 0) is 84.9 Å². The van der Waals surface area contributed by atoms with Gasteiger partial charge in [-0.1, -0.05) is 48.5 Å². The third-order valence-corrected chi connectivity index (χ3v) is 7.19. The molecule has 1 aliphatic heterocycles. The topological polar surface area (TPSA) is 61.8 Å². The summed E-state index contributed by atoms with van der Waals surface area (Å²) < 4.78 is 5.93. The molecule has 176 valence electrons.